The molecule has 0 bridgehead atoms. The Labute approximate surface area is 201 Å². The van der Waals surface area contributed by atoms with Crippen LogP contribution in [0.5, 0.6) is 0 Å². The first-order chi connectivity index (χ1) is 16.8. The molecule has 3 N–H and O–H groups in total. The molecule has 3 aromatic rings. The molecule has 1 aliphatic rings. The van der Waals surface area contributed by atoms with Crippen LogP contribution in [0.1, 0.15) is 30.9 Å². The number of amides is 2. The first kappa shape index (κ1) is 23.7. The Morgan fingerprint density at radius 3 is 2.51 bits per heavy atom. The normalized spacial score (nSPS) is 13.5. The quantitative estimate of drug-likeness (QED) is 0.564. The molecular weight excluding hydrogens is 448 g/mol. The number of H-pyrrole nitrogens is 1. The lowest BCUT2D eigenvalue weighted by Gasteiger charge is -2.27. The van der Waals surface area contributed by atoms with Crippen molar-refractivity contribution in [3.63, 3.8) is 0 Å². The third-order valence-corrected chi connectivity index (χ3v) is 5.75. The van der Waals surface area contributed by atoms with E-state index in [1.54, 1.807) is 25.1 Å². The van der Waals surface area contributed by atoms with Gasteiger partial charge in [0.15, 0.2) is 5.69 Å². The minimum Gasteiger partial charge on any atom is -0.383 e. The zero-order valence-corrected chi connectivity index (χ0v) is 19.5. The second kappa shape index (κ2) is 9.80. The summed E-state index contributed by atoms with van der Waals surface area (Å²) < 4.78 is 1.22. The first-order valence-electron chi connectivity index (χ1n) is 11.3. The first-order valence-corrected chi connectivity index (χ1v) is 11.3. The zero-order valence-electron chi connectivity index (χ0n) is 19.5. The van der Waals surface area contributed by atoms with Gasteiger partial charge in [-0.3, -0.25) is 28.8 Å². The molecule has 0 aliphatic carbocycles. The average Bonchev–Trinajstić information content (AvgIpc) is 2.85. The fourth-order valence-electron chi connectivity index (χ4n) is 3.99. The van der Waals surface area contributed by atoms with Gasteiger partial charge in [-0.05, 0) is 37.1 Å². The number of aromatic amines is 1. The molecule has 10 nitrogen and oxygen atoms in total. The van der Waals surface area contributed by atoms with E-state index in [4.69, 9.17) is 5.73 Å². The van der Waals surface area contributed by atoms with Gasteiger partial charge >= 0.3 is 5.69 Å². The number of nitrogen functional groups attached to an aromatic ring is 1. The molecule has 0 unspecified atom stereocenters. The molecule has 0 radical (unpaired) electrons. The van der Waals surface area contributed by atoms with Crippen molar-refractivity contribution in [3.8, 4) is 0 Å². The van der Waals surface area contributed by atoms with E-state index in [1.807, 2.05) is 43.3 Å². The fourth-order valence-corrected chi connectivity index (χ4v) is 3.99. The van der Waals surface area contributed by atoms with Crippen molar-refractivity contribution in [2.24, 2.45) is 5.10 Å². The van der Waals surface area contributed by atoms with E-state index in [2.05, 4.69) is 10.1 Å². The number of anilines is 3. The Morgan fingerprint density at radius 1 is 1.09 bits per heavy atom. The van der Waals surface area contributed by atoms with Crippen LogP contribution < -0.4 is 26.9 Å². The molecule has 1 aromatic heterocycles. The standard InChI is InChI=1S/C25H26N6O4/c1-3-29(21-22(26)30(25(35)27-23(21)33)15-17-9-5-4-6-10-17)24(34)19-12-13-20(32)31(28-19)18-11-7-8-16(2)14-18/h4-11,14H,3,12-13,15,26H2,1-2H3,(H,27,33,35). The van der Waals surface area contributed by atoms with Gasteiger partial charge < -0.3 is 5.73 Å². The van der Waals surface area contributed by atoms with Gasteiger partial charge in [-0.25, -0.2) is 9.80 Å². The SMILES string of the molecule is CCN(C(=O)C1=NN(c2cccc(C)c2)C(=O)CC1)c1c(N)n(Cc2ccccc2)c(=O)[nH]c1=O. The molecule has 180 valence electrons. The highest BCUT2D eigenvalue weighted by Crippen LogP contribution is 2.24. The van der Waals surface area contributed by atoms with Gasteiger partial charge in [0.25, 0.3) is 11.5 Å². The number of hydrogen-bond donors (Lipinski definition) is 2. The largest absolute Gasteiger partial charge is 0.383 e. The van der Waals surface area contributed by atoms with Crippen molar-refractivity contribution in [2.75, 3.05) is 22.2 Å². The molecule has 0 fully saturated rings. The van der Waals surface area contributed by atoms with E-state index in [0.29, 0.717) is 5.69 Å². The predicted octanol–water partition coefficient (Wildman–Crippen LogP) is 2.01. The molecule has 0 saturated carbocycles. The molecule has 2 amide bonds. The Morgan fingerprint density at radius 2 is 1.83 bits per heavy atom. The van der Waals surface area contributed by atoms with E-state index >= 15 is 0 Å². The topological polar surface area (TPSA) is 134 Å². The van der Waals surface area contributed by atoms with Crippen molar-refractivity contribution in [2.45, 2.75) is 33.2 Å². The summed E-state index contributed by atoms with van der Waals surface area (Å²) in [5.41, 5.74) is 7.13. The highest BCUT2D eigenvalue weighted by molar-refractivity contribution is 6.45. The maximum Gasteiger partial charge on any atom is 0.330 e. The Kier molecular flexibility index (Phi) is 6.63. The molecular formula is C25H26N6O4. The Balaban J connectivity index is 1.73. The number of aromatic nitrogens is 2. The van der Waals surface area contributed by atoms with Crippen molar-refractivity contribution < 1.29 is 9.59 Å². The van der Waals surface area contributed by atoms with E-state index in [-0.39, 0.29) is 49.1 Å². The molecule has 35 heavy (non-hydrogen) atoms. The van der Waals surface area contributed by atoms with E-state index < -0.39 is 17.2 Å². The van der Waals surface area contributed by atoms with Gasteiger partial charge in [0.2, 0.25) is 5.91 Å². The summed E-state index contributed by atoms with van der Waals surface area (Å²) in [7, 11) is 0. The number of carbonyl (C=O) groups excluding carboxylic acids is 2. The third kappa shape index (κ3) is 4.77. The molecule has 2 heterocycles. The lowest BCUT2D eigenvalue weighted by atomic mass is 10.1. The Hall–Kier alpha value is -4.47. The maximum absolute atomic E-state index is 13.5. The number of hydrazone groups is 1. The maximum atomic E-state index is 13.5. The monoisotopic (exact) mass is 474 g/mol. The number of nitrogens with zero attached hydrogens (tertiary/aromatic N) is 4. The van der Waals surface area contributed by atoms with E-state index in [9.17, 15) is 19.2 Å². The van der Waals surface area contributed by atoms with Crippen LogP contribution in [0.15, 0.2) is 69.3 Å². The number of rotatable bonds is 6. The van der Waals surface area contributed by atoms with E-state index in [0.717, 1.165) is 11.1 Å². The van der Waals surface area contributed by atoms with Gasteiger partial charge in [-0.15, -0.1) is 0 Å². The highest BCUT2D eigenvalue weighted by atomic mass is 16.2. The van der Waals surface area contributed by atoms with Crippen LogP contribution in [0.3, 0.4) is 0 Å². The third-order valence-electron chi connectivity index (χ3n) is 5.75. The van der Waals surface area contributed by atoms with Crippen LogP contribution in [0.4, 0.5) is 17.2 Å². The average molecular weight is 475 g/mol. The molecule has 10 heteroatoms. The number of hydrogen-bond acceptors (Lipinski definition) is 6. The summed E-state index contributed by atoms with van der Waals surface area (Å²) in [6.45, 7) is 3.81. The molecule has 2 aromatic carbocycles. The van der Waals surface area contributed by atoms with Crippen molar-refractivity contribution in [3.05, 3.63) is 86.6 Å². The van der Waals surface area contributed by atoms with Gasteiger partial charge in [0.1, 0.15) is 11.5 Å². The van der Waals surface area contributed by atoms with E-state index in [1.165, 1.54) is 14.5 Å². The summed E-state index contributed by atoms with van der Waals surface area (Å²) >= 11 is 0. The summed E-state index contributed by atoms with van der Waals surface area (Å²) in [5.74, 6) is -0.912. The van der Waals surface area contributed by atoms with Crippen LogP contribution in [-0.4, -0.2) is 33.6 Å². The van der Waals surface area contributed by atoms with Gasteiger partial charge in [-0.2, -0.15) is 5.10 Å². The van der Waals surface area contributed by atoms with Crippen molar-refractivity contribution in [1.29, 1.82) is 0 Å². The highest BCUT2D eigenvalue weighted by Gasteiger charge is 2.31. The lowest BCUT2D eigenvalue weighted by molar-refractivity contribution is -0.118. The smallest absolute Gasteiger partial charge is 0.330 e. The minimum absolute atomic E-state index is 0.0927. The fraction of sp³-hybridized carbons (Fsp3) is 0.240. The number of carbonyl (C=O) groups is 2. The van der Waals surface area contributed by atoms with Crippen molar-refractivity contribution >= 4 is 34.7 Å². The van der Waals surface area contributed by atoms with Crippen LogP contribution in [0, 0.1) is 6.92 Å². The van der Waals surface area contributed by atoms with Crippen LogP contribution in [-0.2, 0) is 16.1 Å². The number of nitrogens with one attached hydrogen (secondary N) is 1. The molecule has 0 saturated heterocycles. The van der Waals surface area contributed by atoms with Crippen molar-refractivity contribution in [1.82, 2.24) is 9.55 Å². The predicted molar refractivity (Wildman–Crippen MR) is 135 cm³/mol. The zero-order chi connectivity index (χ0) is 25.1. The summed E-state index contributed by atoms with van der Waals surface area (Å²) in [4.78, 5) is 54.8. The number of benzene rings is 2. The molecule has 0 spiro atoms. The molecule has 1 aliphatic heterocycles. The van der Waals surface area contributed by atoms with Crippen LogP contribution >= 0.6 is 0 Å². The number of nitrogens with two attached hydrogens (primary N) is 1. The molecule has 4 rings (SSSR count). The van der Waals surface area contributed by atoms with Crippen LogP contribution in [0.2, 0.25) is 0 Å². The van der Waals surface area contributed by atoms with Gasteiger partial charge in [0, 0.05) is 19.4 Å². The number of aryl methyl sites for hydroxylation is 1. The lowest BCUT2D eigenvalue weighted by Crippen LogP contribution is -2.45. The summed E-state index contributed by atoms with van der Waals surface area (Å²) in [6, 6.07) is 16.4. The second-order valence-corrected chi connectivity index (χ2v) is 8.21. The molecule has 0 atom stereocenters. The van der Waals surface area contributed by atoms with Gasteiger partial charge in [-0.1, -0.05) is 42.5 Å². The Bertz CT molecular complexity index is 1420. The summed E-state index contributed by atoms with van der Waals surface area (Å²) in [5, 5.41) is 5.53. The summed E-state index contributed by atoms with van der Waals surface area (Å²) in [6.07, 6.45) is 0.216. The van der Waals surface area contributed by atoms with Crippen LogP contribution in [0.25, 0.3) is 0 Å². The second-order valence-electron chi connectivity index (χ2n) is 8.21. The minimum atomic E-state index is -0.768. The van der Waals surface area contributed by atoms with Gasteiger partial charge in [0.05, 0.1) is 12.2 Å².